The van der Waals surface area contributed by atoms with Gasteiger partial charge in [0, 0.05) is 5.39 Å². The van der Waals surface area contributed by atoms with E-state index in [4.69, 9.17) is 16.3 Å². The van der Waals surface area contributed by atoms with Crippen LogP contribution in [0.3, 0.4) is 0 Å². The van der Waals surface area contributed by atoms with Crippen LogP contribution in [0.4, 0.5) is 4.39 Å². The molecule has 0 fully saturated rings. The molecule has 14 heavy (non-hydrogen) atoms. The molecule has 1 aromatic heterocycles. The summed E-state index contributed by atoms with van der Waals surface area (Å²) in [4.78, 5) is 3.94. The number of hydrogen-bond acceptors (Lipinski definition) is 2. The lowest BCUT2D eigenvalue weighted by atomic mass is 10.2. The quantitative estimate of drug-likeness (QED) is 0.677. The molecule has 0 bridgehead atoms. The van der Waals surface area contributed by atoms with Crippen LogP contribution in [0.2, 0.25) is 5.15 Å². The third-order valence-electron chi connectivity index (χ3n) is 1.92. The van der Waals surface area contributed by atoms with Crippen molar-refractivity contribution >= 4 is 22.4 Å². The second-order valence-corrected chi connectivity index (χ2v) is 3.21. The Labute approximate surface area is 85.3 Å². The molecule has 0 atom stereocenters. The smallest absolute Gasteiger partial charge is 0.222 e. The van der Waals surface area contributed by atoms with Gasteiger partial charge in [-0.15, -0.1) is 0 Å². The van der Waals surface area contributed by atoms with E-state index >= 15 is 0 Å². The maximum atomic E-state index is 12.9. The maximum absolute atomic E-state index is 12.9. The summed E-state index contributed by atoms with van der Waals surface area (Å²) in [5, 5.41) is 1.76. The molecule has 0 aliphatic heterocycles. The van der Waals surface area contributed by atoms with Crippen molar-refractivity contribution in [2.45, 2.75) is 0 Å². The van der Waals surface area contributed by atoms with E-state index in [1.54, 1.807) is 12.1 Å². The SMILES string of the molecule is COc1nc(Cl)cc2ccc(F)cc12. The van der Waals surface area contributed by atoms with Gasteiger partial charge in [-0.05, 0) is 23.6 Å². The molecular formula is C10H7ClFNO. The molecular weight excluding hydrogens is 205 g/mol. The first kappa shape index (κ1) is 9.21. The molecule has 0 spiro atoms. The summed E-state index contributed by atoms with van der Waals surface area (Å²) in [6, 6.07) is 6.05. The highest BCUT2D eigenvalue weighted by atomic mass is 35.5. The van der Waals surface area contributed by atoms with E-state index in [1.165, 1.54) is 19.2 Å². The average molecular weight is 212 g/mol. The summed E-state index contributed by atoms with van der Waals surface area (Å²) in [6.07, 6.45) is 0. The van der Waals surface area contributed by atoms with Crippen molar-refractivity contribution in [3.63, 3.8) is 0 Å². The Morgan fingerprint density at radius 2 is 2.14 bits per heavy atom. The molecule has 0 saturated carbocycles. The summed E-state index contributed by atoms with van der Waals surface area (Å²) in [6.45, 7) is 0. The van der Waals surface area contributed by atoms with Gasteiger partial charge in [-0.3, -0.25) is 0 Å². The molecule has 1 heterocycles. The van der Waals surface area contributed by atoms with Gasteiger partial charge in [0.05, 0.1) is 7.11 Å². The van der Waals surface area contributed by atoms with Crippen molar-refractivity contribution in [2.24, 2.45) is 0 Å². The van der Waals surface area contributed by atoms with E-state index in [-0.39, 0.29) is 5.82 Å². The summed E-state index contributed by atoms with van der Waals surface area (Å²) in [7, 11) is 1.48. The molecule has 0 saturated heterocycles. The fraction of sp³-hybridized carbons (Fsp3) is 0.100. The van der Waals surface area contributed by atoms with Gasteiger partial charge in [-0.1, -0.05) is 17.7 Å². The lowest BCUT2D eigenvalue weighted by Crippen LogP contribution is -1.90. The van der Waals surface area contributed by atoms with Crippen LogP contribution >= 0.6 is 11.6 Å². The number of nitrogens with zero attached hydrogens (tertiary/aromatic N) is 1. The van der Waals surface area contributed by atoms with Crippen molar-refractivity contribution < 1.29 is 9.13 Å². The molecule has 0 unspecified atom stereocenters. The minimum absolute atomic E-state index is 0.320. The topological polar surface area (TPSA) is 22.1 Å². The lowest BCUT2D eigenvalue weighted by molar-refractivity contribution is 0.403. The Hall–Kier alpha value is -1.35. The van der Waals surface area contributed by atoms with Crippen LogP contribution in [0.25, 0.3) is 10.8 Å². The molecule has 2 rings (SSSR count). The molecule has 0 aliphatic carbocycles. The summed E-state index contributed by atoms with van der Waals surface area (Å²) in [5.41, 5.74) is 0. The van der Waals surface area contributed by atoms with Crippen LogP contribution in [-0.2, 0) is 0 Å². The number of benzene rings is 1. The van der Waals surface area contributed by atoms with Gasteiger partial charge in [0.25, 0.3) is 0 Å². The van der Waals surface area contributed by atoms with Crippen LogP contribution < -0.4 is 4.74 Å². The highest BCUT2D eigenvalue weighted by Gasteiger charge is 2.05. The normalized spacial score (nSPS) is 10.5. The fourth-order valence-electron chi connectivity index (χ4n) is 1.31. The number of methoxy groups -OCH3 is 1. The molecule has 1 aromatic carbocycles. The fourth-order valence-corrected chi connectivity index (χ4v) is 1.51. The predicted molar refractivity (Wildman–Crippen MR) is 53.3 cm³/mol. The number of hydrogen-bond donors (Lipinski definition) is 0. The standard InChI is InChI=1S/C10H7ClFNO/c1-14-10-8-5-7(12)3-2-6(8)4-9(11)13-10/h2-5H,1H3. The number of pyridine rings is 1. The lowest BCUT2D eigenvalue weighted by Gasteiger charge is -2.04. The number of fused-ring (bicyclic) bond motifs is 1. The Kier molecular flexibility index (Phi) is 2.25. The highest BCUT2D eigenvalue weighted by Crippen LogP contribution is 2.26. The number of rotatable bonds is 1. The van der Waals surface area contributed by atoms with Gasteiger partial charge < -0.3 is 4.74 Å². The Balaban J connectivity index is 2.81. The third-order valence-corrected chi connectivity index (χ3v) is 2.12. The van der Waals surface area contributed by atoms with E-state index in [9.17, 15) is 4.39 Å². The molecule has 2 nitrogen and oxygen atoms in total. The minimum atomic E-state index is -0.320. The molecule has 2 aromatic rings. The maximum Gasteiger partial charge on any atom is 0.222 e. The predicted octanol–water partition coefficient (Wildman–Crippen LogP) is 3.04. The molecule has 72 valence electrons. The first-order valence-corrected chi connectivity index (χ1v) is 4.38. The Morgan fingerprint density at radius 3 is 2.86 bits per heavy atom. The molecule has 0 radical (unpaired) electrons. The zero-order valence-corrected chi connectivity index (χ0v) is 8.18. The number of ether oxygens (including phenoxy) is 1. The van der Waals surface area contributed by atoms with Gasteiger partial charge in [0.2, 0.25) is 5.88 Å². The van der Waals surface area contributed by atoms with Crippen molar-refractivity contribution in [1.29, 1.82) is 0 Å². The van der Waals surface area contributed by atoms with E-state index in [0.717, 1.165) is 5.39 Å². The van der Waals surface area contributed by atoms with E-state index in [0.29, 0.717) is 16.4 Å². The summed E-state index contributed by atoms with van der Waals surface area (Å²) < 4.78 is 17.9. The summed E-state index contributed by atoms with van der Waals surface area (Å²) >= 11 is 5.76. The van der Waals surface area contributed by atoms with Gasteiger partial charge in [0.1, 0.15) is 11.0 Å². The number of aromatic nitrogens is 1. The van der Waals surface area contributed by atoms with Gasteiger partial charge >= 0.3 is 0 Å². The van der Waals surface area contributed by atoms with Gasteiger partial charge in [0.15, 0.2) is 0 Å². The molecule has 0 N–H and O–H groups in total. The average Bonchev–Trinajstić information content (AvgIpc) is 2.17. The van der Waals surface area contributed by atoms with Crippen molar-refractivity contribution in [3.8, 4) is 5.88 Å². The first-order valence-electron chi connectivity index (χ1n) is 4.00. The van der Waals surface area contributed by atoms with E-state index in [1.807, 2.05) is 0 Å². The third kappa shape index (κ3) is 1.51. The van der Waals surface area contributed by atoms with Crippen LogP contribution in [0.15, 0.2) is 24.3 Å². The summed E-state index contributed by atoms with van der Waals surface area (Å²) in [5.74, 6) is 0.0203. The second-order valence-electron chi connectivity index (χ2n) is 2.82. The largest absolute Gasteiger partial charge is 0.481 e. The van der Waals surface area contributed by atoms with E-state index in [2.05, 4.69) is 4.98 Å². The van der Waals surface area contributed by atoms with Gasteiger partial charge in [-0.25, -0.2) is 9.37 Å². The van der Waals surface area contributed by atoms with Crippen molar-refractivity contribution in [1.82, 2.24) is 4.98 Å². The zero-order valence-electron chi connectivity index (χ0n) is 7.42. The van der Waals surface area contributed by atoms with Crippen molar-refractivity contribution in [2.75, 3.05) is 7.11 Å². The minimum Gasteiger partial charge on any atom is -0.481 e. The van der Waals surface area contributed by atoms with Crippen LogP contribution in [0.5, 0.6) is 5.88 Å². The van der Waals surface area contributed by atoms with E-state index < -0.39 is 0 Å². The van der Waals surface area contributed by atoms with Crippen LogP contribution in [-0.4, -0.2) is 12.1 Å². The highest BCUT2D eigenvalue weighted by molar-refractivity contribution is 6.30. The van der Waals surface area contributed by atoms with Crippen molar-refractivity contribution in [3.05, 3.63) is 35.2 Å². The van der Waals surface area contributed by atoms with Gasteiger partial charge in [-0.2, -0.15) is 0 Å². The monoisotopic (exact) mass is 211 g/mol. The number of halogens is 2. The Morgan fingerprint density at radius 1 is 1.36 bits per heavy atom. The van der Waals surface area contributed by atoms with Crippen LogP contribution in [0, 0.1) is 5.82 Å². The molecule has 4 heteroatoms. The molecule has 0 amide bonds. The van der Waals surface area contributed by atoms with Crippen LogP contribution in [0.1, 0.15) is 0 Å². The first-order chi connectivity index (χ1) is 6.70. The zero-order chi connectivity index (χ0) is 10.1. The molecule has 0 aliphatic rings. The Bertz CT molecular complexity index is 487. The second kappa shape index (κ2) is 3.42.